The molecule has 0 aromatic heterocycles. The van der Waals surface area contributed by atoms with Crippen LogP contribution in [-0.2, 0) is 9.59 Å². The third kappa shape index (κ3) is 4.70. The molecule has 8 heteroatoms. The number of aliphatic carboxylic acids is 1. The van der Waals surface area contributed by atoms with Gasteiger partial charge in [0.1, 0.15) is 0 Å². The summed E-state index contributed by atoms with van der Waals surface area (Å²) in [5.41, 5.74) is 4.71. The Labute approximate surface area is 151 Å². The fourth-order valence-corrected chi connectivity index (χ4v) is 2.70. The lowest BCUT2D eigenvalue weighted by Gasteiger charge is -2.33. The van der Waals surface area contributed by atoms with E-state index >= 15 is 0 Å². The van der Waals surface area contributed by atoms with Crippen LogP contribution in [0.3, 0.4) is 0 Å². The van der Waals surface area contributed by atoms with Crippen LogP contribution in [0.2, 0.25) is 5.02 Å². The Hall–Kier alpha value is -2.12. The van der Waals surface area contributed by atoms with E-state index in [1.54, 1.807) is 0 Å². The number of benzene rings is 1. The van der Waals surface area contributed by atoms with Crippen LogP contribution in [0.5, 0.6) is 0 Å². The first-order chi connectivity index (χ1) is 11.4. The van der Waals surface area contributed by atoms with Gasteiger partial charge in [-0.2, -0.15) is 0 Å². The van der Waals surface area contributed by atoms with E-state index in [4.69, 9.17) is 22.4 Å². The fraction of sp³-hybridized carbons (Fsp3) is 0.471. The second kappa shape index (κ2) is 7.84. The Morgan fingerprint density at radius 1 is 1.24 bits per heavy atom. The number of anilines is 1. The Kier molecular flexibility index (Phi) is 6.56. The van der Waals surface area contributed by atoms with Crippen molar-refractivity contribution < 1.29 is 24.6 Å². The number of carbonyl (C=O) groups is 3. The lowest BCUT2D eigenvalue weighted by molar-refractivity contribution is -0.151. The molecule has 3 atom stereocenters. The minimum Gasteiger partial charge on any atom is -0.481 e. The monoisotopic (exact) mass is 370 g/mol. The molecule has 1 aromatic rings. The summed E-state index contributed by atoms with van der Waals surface area (Å²) in [7, 11) is 0. The number of nitrogens with two attached hydrogens (primary N) is 1. The number of aliphatic hydroxyl groups excluding tert-OH is 1. The number of Topliss-reactive ketones (excluding diaryl/α,β-unsaturated/α-hetero) is 1. The predicted molar refractivity (Wildman–Crippen MR) is 94.4 cm³/mol. The molecule has 0 saturated heterocycles. The molecule has 1 amide bonds. The number of halogens is 1. The molecule has 0 fully saturated rings. The van der Waals surface area contributed by atoms with Gasteiger partial charge in [0.05, 0.1) is 29.0 Å². The molecule has 0 bridgehead atoms. The topological polar surface area (TPSA) is 130 Å². The summed E-state index contributed by atoms with van der Waals surface area (Å²) in [6.07, 6.45) is -1.41. The first-order valence-corrected chi connectivity index (χ1v) is 8.08. The summed E-state index contributed by atoms with van der Waals surface area (Å²) in [5, 5.41) is 22.1. The third-order valence-electron chi connectivity index (χ3n) is 4.24. The number of nitrogen functional groups attached to an aromatic ring is 1. The van der Waals surface area contributed by atoms with Crippen LogP contribution in [0.15, 0.2) is 18.2 Å². The van der Waals surface area contributed by atoms with Crippen molar-refractivity contribution in [2.75, 3.05) is 5.73 Å². The first-order valence-electron chi connectivity index (χ1n) is 7.70. The molecule has 5 N–H and O–H groups in total. The number of nitrogens with one attached hydrogen (secondary N) is 1. The van der Waals surface area contributed by atoms with Crippen LogP contribution in [0.1, 0.15) is 38.1 Å². The highest BCUT2D eigenvalue weighted by molar-refractivity contribution is 6.31. The summed E-state index contributed by atoms with van der Waals surface area (Å²) in [5.74, 6) is -3.43. The normalized spacial score (nSPS) is 15.1. The van der Waals surface area contributed by atoms with Gasteiger partial charge in [-0.1, -0.05) is 25.4 Å². The Morgan fingerprint density at radius 3 is 2.32 bits per heavy atom. The maximum absolute atomic E-state index is 12.6. The zero-order valence-electron chi connectivity index (χ0n) is 14.5. The van der Waals surface area contributed by atoms with Crippen molar-refractivity contribution in [2.45, 2.75) is 39.8 Å². The van der Waals surface area contributed by atoms with E-state index in [1.165, 1.54) is 45.9 Å². The van der Waals surface area contributed by atoms with Crippen molar-refractivity contribution >= 4 is 34.9 Å². The lowest BCUT2D eigenvalue weighted by atomic mass is 9.75. The van der Waals surface area contributed by atoms with Crippen molar-refractivity contribution in [1.82, 2.24) is 5.32 Å². The SMILES string of the molecule is CC(NC(=O)c1cc(Cl)ccc1N)C(=O)C(C)(C)C(O)C(C)C(=O)O. The van der Waals surface area contributed by atoms with Crippen LogP contribution >= 0.6 is 11.6 Å². The molecule has 138 valence electrons. The molecule has 0 aliphatic rings. The first kappa shape index (κ1) is 20.9. The quantitative estimate of drug-likeness (QED) is 0.541. The zero-order chi connectivity index (χ0) is 19.5. The molecule has 0 heterocycles. The number of ketones is 1. The van der Waals surface area contributed by atoms with E-state index < -0.39 is 41.1 Å². The zero-order valence-corrected chi connectivity index (χ0v) is 15.3. The van der Waals surface area contributed by atoms with Gasteiger partial charge in [-0.3, -0.25) is 14.4 Å². The minimum atomic E-state index is -1.41. The molecule has 1 aromatic carbocycles. The highest BCUT2D eigenvalue weighted by Crippen LogP contribution is 2.29. The van der Waals surface area contributed by atoms with Gasteiger partial charge in [-0.15, -0.1) is 0 Å². The van der Waals surface area contributed by atoms with Crippen LogP contribution in [0.25, 0.3) is 0 Å². The predicted octanol–water partition coefficient (Wildman–Crippen LogP) is 1.72. The van der Waals surface area contributed by atoms with E-state index in [0.29, 0.717) is 5.02 Å². The maximum Gasteiger partial charge on any atom is 0.308 e. The highest BCUT2D eigenvalue weighted by Gasteiger charge is 2.43. The maximum atomic E-state index is 12.6. The number of aliphatic hydroxyl groups is 1. The summed E-state index contributed by atoms with van der Waals surface area (Å²) in [4.78, 5) is 36.0. The number of hydrogen-bond donors (Lipinski definition) is 4. The fourth-order valence-electron chi connectivity index (χ4n) is 2.53. The Bertz CT molecular complexity index is 690. The second-order valence-electron chi connectivity index (χ2n) is 6.58. The van der Waals surface area contributed by atoms with Crippen molar-refractivity contribution in [3.05, 3.63) is 28.8 Å². The molecule has 7 nitrogen and oxygen atoms in total. The standard InChI is InChI=1S/C17H23ClN2O5/c1-8(16(24)25)13(21)17(3,4)14(22)9(2)20-15(23)11-7-10(18)5-6-12(11)19/h5-9,13,21H,19H2,1-4H3,(H,20,23)(H,24,25). The van der Waals surface area contributed by atoms with Gasteiger partial charge in [0.15, 0.2) is 5.78 Å². The van der Waals surface area contributed by atoms with Gasteiger partial charge in [0.2, 0.25) is 0 Å². The van der Waals surface area contributed by atoms with Crippen LogP contribution in [0.4, 0.5) is 5.69 Å². The minimum absolute atomic E-state index is 0.129. The van der Waals surface area contributed by atoms with E-state index in [0.717, 1.165) is 0 Å². The van der Waals surface area contributed by atoms with Crippen LogP contribution in [-0.4, -0.2) is 40.0 Å². The molecule has 0 saturated carbocycles. The molecule has 1 rings (SSSR count). The average molecular weight is 371 g/mol. The van der Waals surface area contributed by atoms with Crippen LogP contribution in [0, 0.1) is 11.3 Å². The molecular weight excluding hydrogens is 348 g/mol. The largest absolute Gasteiger partial charge is 0.481 e. The van der Waals surface area contributed by atoms with E-state index in [-0.39, 0.29) is 11.3 Å². The molecule has 0 spiro atoms. The van der Waals surface area contributed by atoms with Gasteiger partial charge in [-0.25, -0.2) is 0 Å². The number of rotatable bonds is 7. The molecule has 0 aliphatic carbocycles. The summed E-state index contributed by atoms with van der Waals surface area (Å²) >= 11 is 5.85. The van der Waals surface area contributed by atoms with E-state index in [2.05, 4.69) is 5.32 Å². The van der Waals surface area contributed by atoms with Crippen LogP contribution < -0.4 is 11.1 Å². The summed E-state index contributed by atoms with van der Waals surface area (Å²) in [6, 6.07) is 3.44. The summed E-state index contributed by atoms with van der Waals surface area (Å²) < 4.78 is 0. The van der Waals surface area contributed by atoms with E-state index in [1.807, 2.05) is 0 Å². The molecule has 0 radical (unpaired) electrons. The Balaban J connectivity index is 2.93. The van der Waals surface area contributed by atoms with E-state index in [9.17, 15) is 19.5 Å². The van der Waals surface area contributed by atoms with Crippen molar-refractivity contribution in [3.8, 4) is 0 Å². The number of hydrogen-bond acceptors (Lipinski definition) is 5. The van der Waals surface area contributed by atoms with Crippen molar-refractivity contribution in [1.29, 1.82) is 0 Å². The molecule has 3 unspecified atom stereocenters. The number of carbonyl (C=O) groups excluding carboxylic acids is 2. The van der Waals surface area contributed by atoms with Gasteiger partial charge in [0, 0.05) is 10.7 Å². The van der Waals surface area contributed by atoms with Gasteiger partial charge < -0.3 is 21.3 Å². The summed E-state index contributed by atoms with van der Waals surface area (Å²) in [6.45, 7) is 5.66. The number of carboxylic acids is 1. The van der Waals surface area contributed by atoms with Crippen molar-refractivity contribution in [3.63, 3.8) is 0 Å². The number of carboxylic acid groups (broad SMARTS) is 1. The van der Waals surface area contributed by atoms with Gasteiger partial charge >= 0.3 is 5.97 Å². The molecule has 25 heavy (non-hydrogen) atoms. The molecular formula is C17H23ClN2O5. The lowest BCUT2D eigenvalue weighted by Crippen LogP contribution is -2.51. The van der Waals surface area contributed by atoms with Gasteiger partial charge in [0.25, 0.3) is 5.91 Å². The highest BCUT2D eigenvalue weighted by atomic mass is 35.5. The molecule has 0 aliphatic heterocycles. The number of amides is 1. The third-order valence-corrected chi connectivity index (χ3v) is 4.47. The average Bonchev–Trinajstić information content (AvgIpc) is 2.54. The Morgan fingerprint density at radius 2 is 1.80 bits per heavy atom. The van der Waals surface area contributed by atoms with Crippen molar-refractivity contribution in [2.24, 2.45) is 11.3 Å². The second-order valence-corrected chi connectivity index (χ2v) is 7.02. The smallest absolute Gasteiger partial charge is 0.308 e. The van der Waals surface area contributed by atoms with Gasteiger partial charge in [-0.05, 0) is 32.0 Å².